The Balaban J connectivity index is 1.34. The van der Waals surface area contributed by atoms with Crippen LogP contribution in [0.3, 0.4) is 0 Å². The van der Waals surface area contributed by atoms with Crippen LogP contribution in [0.5, 0.6) is 0 Å². The summed E-state index contributed by atoms with van der Waals surface area (Å²) in [6.45, 7) is 4.16. The number of oxazole rings is 1. The molecular weight excluding hydrogens is 398 g/mol. The number of rotatable bonds is 6. The molecule has 158 valence electrons. The van der Waals surface area contributed by atoms with Crippen LogP contribution in [-0.2, 0) is 4.79 Å². The van der Waals surface area contributed by atoms with Crippen LogP contribution in [0, 0.1) is 11.3 Å². The molecule has 4 rings (SSSR count). The highest BCUT2D eigenvalue weighted by atomic mass is 16.4. The number of aromatic nitrogens is 1. The summed E-state index contributed by atoms with van der Waals surface area (Å²) in [4.78, 5) is 32.1. The van der Waals surface area contributed by atoms with Gasteiger partial charge in [-0.2, -0.15) is 10.2 Å². The van der Waals surface area contributed by atoms with E-state index in [4.69, 9.17) is 8.83 Å². The molecule has 1 aromatic carbocycles. The minimum absolute atomic E-state index is 0.0495. The van der Waals surface area contributed by atoms with Gasteiger partial charge in [-0.25, -0.2) is 0 Å². The summed E-state index contributed by atoms with van der Waals surface area (Å²) in [6.07, 6.45) is 1.52. The van der Waals surface area contributed by atoms with Crippen molar-refractivity contribution in [3.8, 4) is 17.7 Å². The topological polar surface area (TPSA) is 116 Å². The molecule has 1 fully saturated rings. The Bertz CT molecular complexity index is 1120. The molecule has 9 nitrogen and oxygen atoms in total. The number of Topliss-reactive ketones (excluding diaryl/α,β-unsaturated/α-hetero) is 1. The van der Waals surface area contributed by atoms with E-state index in [0.717, 1.165) is 0 Å². The van der Waals surface area contributed by atoms with Gasteiger partial charge in [0.25, 0.3) is 5.89 Å². The van der Waals surface area contributed by atoms with Gasteiger partial charge in [0.15, 0.2) is 11.5 Å². The number of amides is 1. The number of anilines is 2. The average Bonchev–Trinajstić information content (AvgIpc) is 3.44. The summed E-state index contributed by atoms with van der Waals surface area (Å²) < 4.78 is 11.1. The smallest absolute Gasteiger partial charge is 0.266 e. The zero-order valence-corrected chi connectivity index (χ0v) is 17.0. The lowest BCUT2D eigenvalue weighted by Crippen LogP contribution is -2.48. The van der Waals surface area contributed by atoms with E-state index >= 15 is 0 Å². The molecular formula is C22H21N5O4. The molecule has 1 aliphatic rings. The highest BCUT2D eigenvalue weighted by Crippen LogP contribution is 2.29. The fraction of sp³-hybridized carbons (Fsp3) is 0.273. The number of furan rings is 1. The minimum Gasteiger partial charge on any atom is -0.459 e. The van der Waals surface area contributed by atoms with Crippen LogP contribution in [-0.4, -0.2) is 54.3 Å². The quantitative estimate of drug-likeness (QED) is 0.607. The highest BCUT2D eigenvalue weighted by Gasteiger charge is 2.26. The van der Waals surface area contributed by atoms with Crippen molar-refractivity contribution in [3.05, 3.63) is 53.9 Å². The number of benzene rings is 1. The first-order valence-corrected chi connectivity index (χ1v) is 9.86. The predicted molar refractivity (Wildman–Crippen MR) is 113 cm³/mol. The number of nitriles is 1. The molecule has 0 spiro atoms. The number of nitrogens with one attached hydrogen (secondary N) is 1. The fourth-order valence-corrected chi connectivity index (χ4v) is 3.43. The maximum absolute atomic E-state index is 12.4. The van der Waals surface area contributed by atoms with Crippen LogP contribution in [0.4, 0.5) is 11.6 Å². The Morgan fingerprint density at radius 2 is 2.00 bits per heavy atom. The van der Waals surface area contributed by atoms with E-state index in [1.54, 1.807) is 36.4 Å². The Labute approximate surface area is 178 Å². The number of carbonyl (C=O) groups excluding carboxylic acids is 2. The van der Waals surface area contributed by atoms with Crippen molar-refractivity contribution in [3.63, 3.8) is 0 Å². The van der Waals surface area contributed by atoms with Crippen molar-refractivity contribution < 1.29 is 18.4 Å². The van der Waals surface area contributed by atoms with Gasteiger partial charge in [-0.1, -0.05) is 12.1 Å². The molecule has 9 heteroatoms. The van der Waals surface area contributed by atoms with Gasteiger partial charge in [0.05, 0.1) is 12.8 Å². The summed E-state index contributed by atoms with van der Waals surface area (Å²) >= 11 is 0. The van der Waals surface area contributed by atoms with E-state index in [1.165, 1.54) is 13.2 Å². The first kappa shape index (κ1) is 20.4. The van der Waals surface area contributed by atoms with Gasteiger partial charge < -0.3 is 19.1 Å². The van der Waals surface area contributed by atoms with Crippen molar-refractivity contribution in [1.29, 1.82) is 5.26 Å². The summed E-state index contributed by atoms with van der Waals surface area (Å²) in [6, 6.07) is 12.4. The Morgan fingerprint density at radius 3 is 2.68 bits per heavy atom. The van der Waals surface area contributed by atoms with Gasteiger partial charge in [-0.05, 0) is 31.2 Å². The number of carbonyl (C=O) groups is 2. The SMILES string of the molecule is CC(=O)c1cccc(NC(=O)CN2CCN(c3oc(-c4ccco4)nc3C#N)CC2)c1. The lowest BCUT2D eigenvalue weighted by Gasteiger charge is -2.34. The molecule has 3 heterocycles. The zero-order valence-electron chi connectivity index (χ0n) is 17.0. The molecule has 31 heavy (non-hydrogen) atoms. The Kier molecular flexibility index (Phi) is 5.82. The van der Waals surface area contributed by atoms with E-state index in [2.05, 4.69) is 16.4 Å². The third-order valence-electron chi connectivity index (χ3n) is 5.03. The zero-order chi connectivity index (χ0) is 21.8. The lowest BCUT2D eigenvalue weighted by atomic mass is 10.1. The van der Waals surface area contributed by atoms with Crippen LogP contribution >= 0.6 is 0 Å². The normalized spacial score (nSPS) is 14.3. The number of hydrogen-bond donors (Lipinski definition) is 1. The second-order valence-corrected chi connectivity index (χ2v) is 7.21. The molecule has 0 bridgehead atoms. The van der Waals surface area contributed by atoms with Crippen LogP contribution in [0.2, 0.25) is 0 Å². The molecule has 0 atom stereocenters. The molecule has 1 saturated heterocycles. The molecule has 0 saturated carbocycles. The summed E-state index contributed by atoms with van der Waals surface area (Å²) in [5, 5.41) is 12.2. The number of nitrogens with zero attached hydrogens (tertiary/aromatic N) is 4. The van der Waals surface area contributed by atoms with Crippen molar-refractivity contribution >= 4 is 23.3 Å². The molecule has 3 aromatic rings. The molecule has 0 unspecified atom stereocenters. The van der Waals surface area contributed by atoms with Gasteiger partial charge in [0.1, 0.15) is 6.07 Å². The molecule has 2 aromatic heterocycles. The maximum atomic E-state index is 12.4. The van der Waals surface area contributed by atoms with E-state index in [-0.39, 0.29) is 29.8 Å². The summed E-state index contributed by atoms with van der Waals surface area (Å²) in [5.41, 5.74) is 1.37. The van der Waals surface area contributed by atoms with Crippen molar-refractivity contribution in [2.24, 2.45) is 0 Å². The van der Waals surface area contributed by atoms with Gasteiger partial charge >= 0.3 is 0 Å². The molecule has 1 N–H and O–H groups in total. The Morgan fingerprint density at radius 1 is 1.19 bits per heavy atom. The summed E-state index contributed by atoms with van der Waals surface area (Å²) in [7, 11) is 0. The second kappa shape index (κ2) is 8.85. The van der Waals surface area contributed by atoms with E-state index < -0.39 is 0 Å². The van der Waals surface area contributed by atoms with E-state index in [1.807, 2.05) is 9.80 Å². The molecule has 1 aliphatic heterocycles. The Hall–Kier alpha value is -3.90. The standard InChI is InChI=1S/C22H21N5O4/c1-15(28)16-4-2-5-17(12-16)24-20(29)14-26-7-9-27(10-8-26)22-18(13-23)25-21(31-22)19-6-3-11-30-19/h2-6,11-12H,7-10,14H2,1H3,(H,24,29). The van der Waals surface area contributed by atoms with Crippen molar-refractivity contribution in [2.45, 2.75) is 6.92 Å². The molecule has 1 amide bonds. The van der Waals surface area contributed by atoms with E-state index in [9.17, 15) is 14.9 Å². The van der Waals surface area contributed by atoms with Crippen molar-refractivity contribution in [1.82, 2.24) is 9.88 Å². The van der Waals surface area contributed by atoms with Gasteiger partial charge in [-0.3, -0.25) is 14.5 Å². The molecule has 0 radical (unpaired) electrons. The number of piperazine rings is 1. The van der Waals surface area contributed by atoms with E-state index in [0.29, 0.717) is 49.1 Å². The maximum Gasteiger partial charge on any atom is 0.266 e. The van der Waals surface area contributed by atoms with Crippen LogP contribution in [0.25, 0.3) is 11.7 Å². The van der Waals surface area contributed by atoms with Crippen LogP contribution in [0.15, 0.2) is 51.5 Å². The predicted octanol–water partition coefficient (Wildman–Crippen LogP) is 2.77. The summed E-state index contributed by atoms with van der Waals surface area (Å²) in [5.74, 6) is 0.954. The number of ketones is 1. The minimum atomic E-state index is -0.147. The average molecular weight is 419 g/mol. The van der Waals surface area contributed by atoms with Gasteiger partial charge in [0, 0.05) is 37.4 Å². The van der Waals surface area contributed by atoms with Gasteiger partial charge in [-0.15, -0.1) is 0 Å². The first-order valence-electron chi connectivity index (χ1n) is 9.86. The lowest BCUT2D eigenvalue weighted by molar-refractivity contribution is -0.117. The monoisotopic (exact) mass is 419 g/mol. The van der Waals surface area contributed by atoms with Gasteiger partial charge in [0.2, 0.25) is 17.5 Å². The van der Waals surface area contributed by atoms with Crippen molar-refractivity contribution in [2.75, 3.05) is 42.9 Å². The van der Waals surface area contributed by atoms with Crippen LogP contribution < -0.4 is 10.2 Å². The fourth-order valence-electron chi connectivity index (χ4n) is 3.43. The first-order chi connectivity index (χ1) is 15.0. The third kappa shape index (κ3) is 4.65. The number of hydrogen-bond acceptors (Lipinski definition) is 8. The second-order valence-electron chi connectivity index (χ2n) is 7.21. The largest absolute Gasteiger partial charge is 0.459 e. The third-order valence-corrected chi connectivity index (χ3v) is 5.03. The highest BCUT2D eigenvalue weighted by molar-refractivity contribution is 5.97. The molecule has 0 aliphatic carbocycles. The van der Waals surface area contributed by atoms with Crippen LogP contribution in [0.1, 0.15) is 23.0 Å².